The van der Waals surface area contributed by atoms with Crippen LogP contribution >= 0.6 is 11.8 Å². The van der Waals surface area contributed by atoms with Crippen LogP contribution in [0.4, 0.5) is 0 Å². The third kappa shape index (κ3) is 5.36. The van der Waals surface area contributed by atoms with Gasteiger partial charge in [-0.2, -0.15) is 11.8 Å². The summed E-state index contributed by atoms with van der Waals surface area (Å²) in [5, 5.41) is 6.53. The maximum atomic E-state index is 12.1. The van der Waals surface area contributed by atoms with Crippen LogP contribution in [-0.4, -0.2) is 36.5 Å². The molecule has 0 spiro atoms. The smallest absolute Gasteiger partial charge is 0.221 e. The lowest BCUT2D eigenvalue weighted by molar-refractivity contribution is -0.121. The van der Waals surface area contributed by atoms with E-state index in [4.69, 9.17) is 0 Å². The molecular weight excluding hydrogens is 280 g/mol. The van der Waals surface area contributed by atoms with Crippen LogP contribution in [0.1, 0.15) is 31.7 Å². The van der Waals surface area contributed by atoms with Crippen molar-refractivity contribution in [2.24, 2.45) is 5.92 Å². The number of nitrogens with one attached hydrogen (secondary N) is 2. The summed E-state index contributed by atoms with van der Waals surface area (Å²) in [5.74, 6) is 3.25. The second kappa shape index (κ2) is 8.44. The number of thioether (sulfide) groups is 1. The molecule has 0 saturated carbocycles. The van der Waals surface area contributed by atoms with Gasteiger partial charge in [-0.1, -0.05) is 44.2 Å². The summed E-state index contributed by atoms with van der Waals surface area (Å²) < 4.78 is 0. The zero-order valence-corrected chi connectivity index (χ0v) is 13.8. The Morgan fingerprint density at radius 2 is 2.14 bits per heavy atom. The van der Waals surface area contributed by atoms with E-state index < -0.39 is 0 Å². The first-order valence-electron chi connectivity index (χ1n) is 7.79. The SMILES string of the molecule is CC(C)C(CNC(=O)CC1CSCCN1)c1ccccc1. The molecule has 0 bridgehead atoms. The van der Waals surface area contributed by atoms with Crippen LogP contribution in [0.5, 0.6) is 0 Å². The Bertz CT molecular complexity index is 430. The Morgan fingerprint density at radius 3 is 2.76 bits per heavy atom. The largest absolute Gasteiger partial charge is 0.355 e. The summed E-state index contributed by atoms with van der Waals surface area (Å²) in [6.45, 7) is 6.16. The predicted octanol–water partition coefficient (Wildman–Crippen LogP) is 2.64. The average Bonchev–Trinajstić information content (AvgIpc) is 2.49. The molecule has 1 heterocycles. The molecule has 1 aliphatic heterocycles. The molecule has 0 aromatic heterocycles. The summed E-state index contributed by atoms with van der Waals surface area (Å²) in [4.78, 5) is 12.1. The van der Waals surface area contributed by atoms with Crippen molar-refractivity contribution in [2.45, 2.75) is 32.2 Å². The molecule has 1 fully saturated rings. The third-order valence-corrected chi connectivity index (χ3v) is 5.11. The summed E-state index contributed by atoms with van der Waals surface area (Å²) in [7, 11) is 0. The Labute approximate surface area is 132 Å². The van der Waals surface area contributed by atoms with E-state index in [1.807, 2.05) is 17.8 Å². The number of hydrogen-bond donors (Lipinski definition) is 2. The van der Waals surface area contributed by atoms with Gasteiger partial charge in [-0.05, 0) is 11.5 Å². The Kier molecular flexibility index (Phi) is 6.58. The highest BCUT2D eigenvalue weighted by Crippen LogP contribution is 2.23. The van der Waals surface area contributed by atoms with Crippen molar-refractivity contribution >= 4 is 17.7 Å². The summed E-state index contributed by atoms with van der Waals surface area (Å²) in [5.41, 5.74) is 1.30. The topological polar surface area (TPSA) is 41.1 Å². The molecule has 2 atom stereocenters. The Morgan fingerprint density at radius 1 is 1.38 bits per heavy atom. The summed E-state index contributed by atoms with van der Waals surface area (Å²) in [6, 6.07) is 10.8. The first-order chi connectivity index (χ1) is 10.2. The minimum absolute atomic E-state index is 0.164. The number of amides is 1. The van der Waals surface area contributed by atoms with Crippen molar-refractivity contribution in [1.29, 1.82) is 0 Å². The minimum Gasteiger partial charge on any atom is -0.355 e. The van der Waals surface area contributed by atoms with Crippen molar-refractivity contribution in [3.8, 4) is 0 Å². The van der Waals surface area contributed by atoms with Gasteiger partial charge in [0.15, 0.2) is 0 Å². The quantitative estimate of drug-likeness (QED) is 0.849. The lowest BCUT2D eigenvalue weighted by Gasteiger charge is -2.24. The number of benzene rings is 1. The average molecular weight is 306 g/mol. The normalized spacial score (nSPS) is 20.2. The lowest BCUT2D eigenvalue weighted by atomic mass is 9.88. The highest BCUT2D eigenvalue weighted by atomic mass is 32.2. The maximum absolute atomic E-state index is 12.1. The van der Waals surface area contributed by atoms with Crippen molar-refractivity contribution < 1.29 is 4.79 Å². The molecule has 2 unspecified atom stereocenters. The van der Waals surface area contributed by atoms with Gasteiger partial charge in [0.2, 0.25) is 5.91 Å². The van der Waals surface area contributed by atoms with Crippen LogP contribution in [-0.2, 0) is 4.79 Å². The third-order valence-electron chi connectivity index (χ3n) is 3.98. The van der Waals surface area contributed by atoms with Gasteiger partial charge in [0, 0.05) is 43.0 Å². The van der Waals surface area contributed by atoms with E-state index >= 15 is 0 Å². The van der Waals surface area contributed by atoms with Gasteiger partial charge in [0.25, 0.3) is 0 Å². The molecule has 1 amide bonds. The molecule has 0 aliphatic carbocycles. The van der Waals surface area contributed by atoms with Gasteiger partial charge in [0.1, 0.15) is 0 Å². The summed E-state index contributed by atoms with van der Waals surface area (Å²) >= 11 is 1.93. The molecule has 2 N–H and O–H groups in total. The lowest BCUT2D eigenvalue weighted by Crippen LogP contribution is -2.42. The molecule has 4 heteroatoms. The maximum Gasteiger partial charge on any atom is 0.221 e. The van der Waals surface area contributed by atoms with Crippen LogP contribution < -0.4 is 10.6 Å². The van der Waals surface area contributed by atoms with Gasteiger partial charge in [0.05, 0.1) is 0 Å². The first kappa shape index (κ1) is 16.4. The highest BCUT2D eigenvalue weighted by Gasteiger charge is 2.19. The Hall–Kier alpha value is -1.00. The van der Waals surface area contributed by atoms with E-state index in [-0.39, 0.29) is 5.91 Å². The number of carbonyl (C=O) groups is 1. The van der Waals surface area contributed by atoms with Gasteiger partial charge < -0.3 is 10.6 Å². The molecule has 1 aromatic carbocycles. The second-order valence-corrected chi connectivity index (χ2v) is 7.15. The molecule has 2 rings (SSSR count). The first-order valence-corrected chi connectivity index (χ1v) is 8.95. The van der Waals surface area contributed by atoms with Crippen molar-refractivity contribution in [3.63, 3.8) is 0 Å². The van der Waals surface area contributed by atoms with E-state index in [2.05, 4.69) is 48.7 Å². The highest BCUT2D eigenvalue weighted by molar-refractivity contribution is 7.99. The minimum atomic E-state index is 0.164. The van der Waals surface area contributed by atoms with Crippen molar-refractivity contribution in [2.75, 3.05) is 24.6 Å². The Balaban J connectivity index is 1.82. The van der Waals surface area contributed by atoms with Crippen LogP contribution in [0.15, 0.2) is 30.3 Å². The van der Waals surface area contributed by atoms with Gasteiger partial charge in [-0.15, -0.1) is 0 Å². The van der Waals surface area contributed by atoms with E-state index in [0.717, 1.165) is 24.6 Å². The molecule has 1 saturated heterocycles. The van der Waals surface area contributed by atoms with E-state index in [9.17, 15) is 4.79 Å². The molecule has 3 nitrogen and oxygen atoms in total. The van der Waals surface area contributed by atoms with Crippen LogP contribution in [0, 0.1) is 5.92 Å². The fourth-order valence-electron chi connectivity index (χ4n) is 2.71. The monoisotopic (exact) mass is 306 g/mol. The van der Waals surface area contributed by atoms with Gasteiger partial charge in [-0.25, -0.2) is 0 Å². The molecule has 1 aromatic rings. The zero-order valence-electron chi connectivity index (χ0n) is 13.0. The fourth-order valence-corrected chi connectivity index (χ4v) is 3.66. The van der Waals surface area contributed by atoms with Crippen LogP contribution in [0.25, 0.3) is 0 Å². The molecule has 0 radical (unpaired) electrons. The fraction of sp³-hybridized carbons (Fsp3) is 0.588. The van der Waals surface area contributed by atoms with E-state index in [1.54, 1.807) is 0 Å². The standard InChI is InChI=1S/C17H26N2OS/c1-13(2)16(14-6-4-3-5-7-14)11-19-17(20)10-15-12-21-9-8-18-15/h3-7,13,15-16,18H,8-12H2,1-2H3,(H,19,20). The van der Waals surface area contributed by atoms with Crippen LogP contribution in [0.3, 0.4) is 0 Å². The number of rotatable bonds is 6. The van der Waals surface area contributed by atoms with Crippen molar-refractivity contribution in [3.05, 3.63) is 35.9 Å². The second-order valence-electron chi connectivity index (χ2n) is 6.00. The van der Waals surface area contributed by atoms with Gasteiger partial charge in [-0.3, -0.25) is 4.79 Å². The molecule has 1 aliphatic rings. The number of hydrogen-bond acceptors (Lipinski definition) is 3. The zero-order chi connectivity index (χ0) is 15.1. The predicted molar refractivity (Wildman–Crippen MR) is 90.8 cm³/mol. The van der Waals surface area contributed by atoms with E-state index in [1.165, 1.54) is 5.56 Å². The van der Waals surface area contributed by atoms with E-state index in [0.29, 0.717) is 24.3 Å². The molecular formula is C17H26N2OS. The van der Waals surface area contributed by atoms with Crippen molar-refractivity contribution in [1.82, 2.24) is 10.6 Å². The van der Waals surface area contributed by atoms with Crippen LogP contribution in [0.2, 0.25) is 0 Å². The summed E-state index contributed by atoms with van der Waals surface area (Å²) in [6.07, 6.45) is 0.590. The van der Waals surface area contributed by atoms with Gasteiger partial charge >= 0.3 is 0 Å². The molecule has 21 heavy (non-hydrogen) atoms. The number of carbonyl (C=O) groups excluding carboxylic acids is 1. The molecule has 116 valence electrons.